The van der Waals surface area contributed by atoms with Crippen molar-refractivity contribution in [1.82, 2.24) is 20.4 Å². The van der Waals surface area contributed by atoms with E-state index in [0.29, 0.717) is 56.1 Å². The smallest absolute Gasteiger partial charge is 0.258 e. The third-order valence-electron chi connectivity index (χ3n) is 7.95. The number of benzene rings is 3. The number of hydrogen-bond acceptors (Lipinski definition) is 7. The Kier molecular flexibility index (Phi) is 10.5. The monoisotopic (exact) mass is 618 g/mol. The number of hydrogen-bond donors (Lipinski definition) is 2. The summed E-state index contributed by atoms with van der Waals surface area (Å²) in [6, 6.07) is 18.6. The molecule has 3 aromatic rings. The Hall–Kier alpha value is -4.64. The lowest BCUT2D eigenvalue weighted by atomic mass is 10.0. The van der Waals surface area contributed by atoms with Crippen molar-refractivity contribution >= 4 is 17.7 Å². The highest BCUT2D eigenvalue weighted by Crippen LogP contribution is 2.29. The number of methoxy groups -OCH3 is 1. The topological polar surface area (TPSA) is 109 Å². The maximum absolute atomic E-state index is 13.3. The van der Waals surface area contributed by atoms with Gasteiger partial charge >= 0.3 is 0 Å². The molecule has 1 fully saturated rings. The highest BCUT2D eigenvalue weighted by atomic mass is 19.1. The second kappa shape index (κ2) is 14.9. The van der Waals surface area contributed by atoms with Crippen LogP contribution >= 0.6 is 0 Å². The average Bonchev–Trinajstić information content (AvgIpc) is 3.04. The summed E-state index contributed by atoms with van der Waals surface area (Å²) in [5.41, 5.74) is 2.75. The standard InChI is InChI=1S/C34H39FN4O6/c1-38(19-25-3-9-26(35)10-4-25)21-34(42)39-16-15-29-28(20-39)37-33(41)22-44-30-13-7-23(17-31(30)43-2)8-14-32(40)36-18-24-5-11-27(45-29)12-6-24/h3-7,9-13,17,28-29H,8,14-16,18-22H2,1-2H3,(H,36,40)(H,37,41)/t28-,29-/m1/s1. The number of piperidine rings is 1. The molecule has 10 nitrogen and oxygen atoms in total. The third-order valence-corrected chi connectivity index (χ3v) is 7.95. The lowest BCUT2D eigenvalue weighted by Crippen LogP contribution is -2.59. The highest BCUT2D eigenvalue weighted by molar-refractivity contribution is 5.80. The van der Waals surface area contributed by atoms with Crippen LogP contribution in [0.4, 0.5) is 4.39 Å². The maximum atomic E-state index is 13.3. The van der Waals surface area contributed by atoms with Crippen molar-refractivity contribution in [3.05, 3.63) is 89.2 Å². The molecule has 2 N–H and O–H groups in total. The SMILES string of the molecule is COc1cc2ccc1OCC(=O)N[C@@H]1CN(C(=O)CN(C)Cc3ccc(F)cc3)CC[C@H]1Oc1ccc(cc1)CNC(=O)CC2. The van der Waals surface area contributed by atoms with Gasteiger partial charge in [-0.1, -0.05) is 30.3 Å². The molecule has 45 heavy (non-hydrogen) atoms. The molecule has 5 heterocycles. The fraction of sp³-hybridized carbons (Fsp3) is 0.382. The molecule has 8 rings (SSSR count). The Bertz CT molecular complexity index is 1480. The molecule has 0 aromatic heterocycles. The summed E-state index contributed by atoms with van der Waals surface area (Å²) in [5, 5.41) is 5.98. The van der Waals surface area contributed by atoms with Crippen molar-refractivity contribution in [2.45, 2.75) is 44.5 Å². The summed E-state index contributed by atoms with van der Waals surface area (Å²) < 4.78 is 30.9. The summed E-state index contributed by atoms with van der Waals surface area (Å²) in [6.07, 6.45) is 0.961. The van der Waals surface area contributed by atoms with Gasteiger partial charge in [0.25, 0.3) is 5.91 Å². The van der Waals surface area contributed by atoms with Crippen LogP contribution in [0.1, 0.15) is 29.5 Å². The van der Waals surface area contributed by atoms with E-state index in [9.17, 15) is 18.8 Å². The Labute approximate surface area is 262 Å². The van der Waals surface area contributed by atoms with Gasteiger partial charge in [-0.15, -0.1) is 0 Å². The molecular weight excluding hydrogens is 579 g/mol. The van der Waals surface area contributed by atoms with Gasteiger partial charge in [-0.25, -0.2) is 4.39 Å². The zero-order valence-electron chi connectivity index (χ0n) is 25.6. The highest BCUT2D eigenvalue weighted by Gasteiger charge is 2.34. The van der Waals surface area contributed by atoms with Crippen LogP contribution in [0.2, 0.25) is 0 Å². The van der Waals surface area contributed by atoms with Gasteiger partial charge < -0.3 is 29.7 Å². The van der Waals surface area contributed by atoms with E-state index in [1.165, 1.54) is 19.2 Å². The van der Waals surface area contributed by atoms with Gasteiger partial charge in [0.05, 0.1) is 19.7 Å². The summed E-state index contributed by atoms with van der Waals surface area (Å²) in [4.78, 5) is 42.5. The van der Waals surface area contributed by atoms with E-state index in [0.717, 1.165) is 16.7 Å². The number of aryl methyl sites for hydroxylation is 1. The van der Waals surface area contributed by atoms with E-state index < -0.39 is 6.04 Å². The van der Waals surface area contributed by atoms with Crippen LogP contribution in [0.25, 0.3) is 0 Å². The van der Waals surface area contributed by atoms with Gasteiger partial charge in [0.1, 0.15) is 17.7 Å². The normalized spacial score (nSPS) is 19.2. The van der Waals surface area contributed by atoms with Gasteiger partial charge in [0.15, 0.2) is 18.1 Å². The van der Waals surface area contributed by atoms with Crippen LogP contribution in [0.15, 0.2) is 66.7 Å². The number of rotatable bonds is 5. The Balaban J connectivity index is 1.29. The zero-order chi connectivity index (χ0) is 31.8. The molecule has 0 radical (unpaired) electrons. The van der Waals surface area contributed by atoms with Gasteiger partial charge in [0.2, 0.25) is 11.8 Å². The quantitative estimate of drug-likeness (QED) is 0.453. The van der Waals surface area contributed by atoms with Crippen molar-refractivity contribution in [3.63, 3.8) is 0 Å². The van der Waals surface area contributed by atoms with E-state index >= 15 is 0 Å². The molecule has 0 aliphatic carbocycles. The molecule has 1 saturated heterocycles. The van der Waals surface area contributed by atoms with Crippen LogP contribution in [-0.4, -0.2) is 80.1 Å². The molecule has 3 aromatic carbocycles. The summed E-state index contributed by atoms with van der Waals surface area (Å²) in [7, 11) is 3.36. The van der Waals surface area contributed by atoms with Crippen LogP contribution in [0, 0.1) is 5.82 Å². The molecule has 0 unspecified atom stereocenters. The largest absolute Gasteiger partial charge is 0.493 e. The first-order chi connectivity index (χ1) is 21.7. The fourth-order valence-corrected chi connectivity index (χ4v) is 5.51. The number of nitrogens with zero attached hydrogens (tertiary/aromatic N) is 2. The molecule has 3 amide bonds. The first-order valence-corrected chi connectivity index (χ1v) is 15.1. The predicted octanol–water partition coefficient (Wildman–Crippen LogP) is 3.07. The van der Waals surface area contributed by atoms with Crippen LogP contribution in [0.5, 0.6) is 17.2 Å². The summed E-state index contributed by atoms with van der Waals surface area (Å²) in [6.45, 7) is 1.52. The van der Waals surface area contributed by atoms with E-state index in [-0.39, 0.29) is 49.3 Å². The van der Waals surface area contributed by atoms with Crippen LogP contribution < -0.4 is 24.8 Å². The predicted molar refractivity (Wildman–Crippen MR) is 165 cm³/mol. The minimum atomic E-state index is -0.491. The van der Waals surface area contributed by atoms with Gasteiger partial charge in [0, 0.05) is 39.0 Å². The van der Waals surface area contributed by atoms with Gasteiger partial charge in [-0.2, -0.15) is 0 Å². The number of likely N-dealkylation sites (N-methyl/N-ethyl adjacent to an activating group) is 1. The van der Waals surface area contributed by atoms with Crippen molar-refractivity contribution in [2.24, 2.45) is 0 Å². The minimum Gasteiger partial charge on any atom is -0.493 e. The van der Waals surface area contributed by atoms with Crippen molar-refractivity contribution in [1.29, 1.82) is 0 Å². The molecule has 238 valence electrons. The average molecular weight is 619 g/mol. The van der Waals surface area contributed by atoms with E-state index in [4.69, 9.17) is 14.2 Å². The number of amides is 3. The molecule has 4 bridgehead atoms. The number of ether oxygens (including phenoxy) is 3. The molecule has 0 spiro atoms. The fourth-order valence-electron chi connectivity index (χ4n) is 5.51. The molecule has 11 heteroatoms. The van der Waals surface area contributed by atoms with E-state index in [1.807, 2.05) is 42.3 Å². The van der Waals surface area contributed by atoms with E-state index in [2.05, 4.69) is 10.6 Å². The molecular formula is C34H39FN4O6. The Morgan fingerprint density at radius 2 is 1.78 bits per heavy atom. The van der Waals surface area contributed by atoms with Gasteiger partial charge in [-0.3, -0.25) is 19.3 Å². The molecule has 2 atom stereocenters. The maximum Gasteiger partial charge on any atom is 0.258 e. The summed E-state index contributed by atoms with van der Waals surface area (Å²) in [5.74, 6) is 0.703. The number of likely N-dealkylation sites (tertiary alicyclic amines) is 1. The van der Waals surface area contributed by atoms with Gasteiger partial charge in [-0.05, 0) is 66.6 Å². The number of carbonyl (C=O) groups excluding carboxylic acids is 3. The Morgan fingerprint density at radius 3 is 2.53 bits per heavy atom. The van der Waals surface area contributed by atoms with Crippen molar-refractivity contribution in [3.8, 4) is 17.2 Å². The van der Waals surface area contributed by atoms with Crippen molar-refractivity contribution in [2.75, 3.05) is 40.4 Å². The van der Waals surface area contributed by atoms with Crippen LogP contribution in [0.3, 0.4) is 0 Å². The van der Waals surface area contributed by atoms with E-state index in [1.54, 1.807) is 29.2 Å². The van der Waals surface area contributed by atoms with Crippen molar-refractivity contribution < 1.29 is 33.0 Å². The number of carbonyl (C=O) groups is 3. The first-order valence-electron chi connectivity index (χ1n) is 15.1. The zero-order valence-corrected chi connectivity index (χ0v) is 25.6. The first kappa shape index (κ1) is 31.8. The third kappa shape index (κ3) is 8.95. The number of halogens is 1. The Morgan fingerprint density at radius 1 is 1.02 bits per heavy atom. The molecule has 5 aliphatic heterocycles. The number of nitrogens with one attached hydrogen (secondary N) is 2. The minimum absolute atomic E-state index is 0.0634. The molecule has 5 aliphatic rings. The lowest BCUT2D eigenvalue weighted by Gasteiger charge is -2.39. The summed E-state index contributed by atoms with van der Waals surface area (Å²) >= 11 is 0. The second-order valence-corrected chi connectivity index (χ2v) is 11.5. The lowest BCUT2D eigenvalue weighted by molar-refractivity contribution is -0.136. The second-order valence-electron chi connectivity index (χ2n) is 11.5. The van der Waals surface area contributed by atoms with Crippen LogP contribution in [-0.2, 0) is 33.9 Å². The molecule has 0 saturated carbocycles.